The Morgan fingerprint density at radius 3 is 2.03 bits per heavy atom. The highest BCUT2D eigenvalue weighted by atomic mass is 16.1. The average Bonchev–Trinajstić information content (AvgIpc) is 2.73. The molecule has 0 aliphatic heterocycles. The molecule has 3 heteroatoms. The van der Waals surface area contributed by atoms with Crippen LogP contribution >= 0.6 is 0 Å². The number of hydrogen-bond donors (Lipinski definition) is 1. The molecule has 2 rings (SSSR count). The van der Waals surface area contributed by atoms with Crippen LogP contribution in [0.3, 0.4) is 0 Å². The van der Waals surface area contributed by atoms with Crippen molar-refractivity contribution in [1.82, 2.24) is 4.90 Å². The molecule has 0 aliphatic rings. The number of nitrogens with zero attached hydrogens (tertiary/aromatic N) is 1. The number of fused-ring (bicyclic) bond motifs is 1. The number of amides is 1. The maximum absolute atomic E-state index is 12.7. The van der Waals surface area contributed by atoms with Crippen LogP contribution < -0.4 is 5.73 Å². The highest BCUT2D eigenvalue weighted by Crippen LogP contribution is 2.32. The molecule has 2 aromatic carbocycles. The maximum Gasteiger partial charge on any atom is 0.225 e. The molecule has 0 heterocycles. The lowest BCUT2D eigenvalue weighted by atomic mass is 9.85. The van der Waals surface area contributed by atoms with E-state index in [2.05, 4.69) is 88.9 Å². The molecular weight excluding hydrogens is 392 g/mol. The Labute approximate surface area is 194 Å². The van der Waals surface area contributed by atoms with Crippen molar-refractivity contribution in [3.8, 4) is 0 Å². The largest absolute Gasteiger partial charge is 0.369 e. The van der Waals surface area contributed by atoms with E-state index in [4.69, 9.17) is 5.73 Å². The minimum atomic E-state index is -0.317. The summed E-state index contributed by atoms with van der Waals surface area (Å²) in [6, 6.07) is 12.6. The molecule has 0 saturated carbocycles. The topological polar surface area (TPSA) is 46.3 Å². The minimum Gasteiger partial charge on any atom is -0.369 e. The van der Waals surface area contributed by atoms with Crippen LogP contribution in [-0.2, 0) is 11.2 Å². The van der Waals surface area contributed by atoms with Crippen molar-refractivity contribution >= 4 is 16.7 Å². The molecule has 0 fully saturated rings. The maximum atomic E-state index is 12.7. The third kappa shape index (κ3) is 7.80. The molecule has 0 bridgehead atoms. The van der Waals surface area contributed by atoms with E-state index in [0.717, 1.165) is 42.4 Å². The monoisotopic (exact) mass is 432 g/mol. The summed E-state index contributed by atoms with van der Waals surface area (Å²) in [5.74, 6) is -0.563. The van der Waals surface area contributed by atoms with Gasteiger partial charge in [0.25, 0.3) is 0 Å². The van der Waals surface area contributed by atoms with E-state index >= 15 is 0 Å². The number of nitrogens with two attached hydrogens (primary N) is 1. The van der Waals surface area contributed by atoms with Crippen molar-refractivity contribution in [1.29, 1.82) is 0 Å². The molecule has 2 aromatic rings. The molecule has 0 aliphatic carbocycles. The average molecular weight is 433 g/mol. The Kier molecular flexibility index (Phi) is 9.93. The van der Waals surface area contributed by atoms with Crippen molar-refractivity contribution < 1.29 is 4.79 Å². The van der Waals surface area contributed by atoms with Gasteiger partial charge in [0, 0.05) is 13.1 Å². The number of allylic oxidation sites excluding steroid dienone is 4. The van der Waals surface area contributed by atoms with E-state index in [9.17, 15) is 4.79 Å². The van der Waals surface area contributed by atoms with E-state index < -0.39 is 0 Å². The first-order valence-corrected chi connectivity index (χ1v) is 11.6. The first-order chi connectivity index (χ1) is 15.2. The van der Waals surface area contributed by atoms with Crippen molar-refractivity contribution in [2.45, 2.75) is 60.3 Å². The number of hydrogen-bond acceptors (Lipinski definition) is 2. The third-order valence-corrected chi connectivity index (χ3v) is 5.73. The SMILES string of the molecule is CC(C)=CCc1ccc2ccccc2c1C(CCN(CC=C(C)C)CC=C(C)C)C(N)=O. The highest BCUT2D eigenvalue weighted by molar-refractivity contribution is 5.93. The lowest BCUT2D eigenvalue weighted by Gasteiger charge is -2.25. The van der Waals surface area contributed by atoms with E-state index in [0.29, 0.717) is 6.42 Å². The molecule has 1 atom stereocenters. The Morgan fingerprint density at radius 1 is 0.875 bits per heavy atom. The summed E-state index contributed by atoms with van der Waals surface area (Å²) in [5, 5.41) is 2.29. The number of benzene rings is 2. The molecule has 0 spiro atoms. The third-order valence-electron chi connectivity index (χ3n) is 5.73. The summed E-state index contributed by atoms with van der Waals surface area (Å²) in [6.45, 7) is 15.3. The van der Waals surface area contributed by atoms with Gasteiger partial charge in [0.1, 0.15) is 0 Å². The quantitative estimate of drug-likeness (QED) is 0.410. The second kappa shape index (κ2) is 12.4. The molecule has 172 valence electrons. The van der Waals surface area contributed by atoms with Crippen LogP contribution in [0.5, 0.6) is 0 Å². The van der Waals surface area contributed by atoms with Crippen molar-refractivity contribution in [2.75, 3.05) is 19.6 Å². The number of primary amides is 1. The van der Waals surface area contributed by atoms with Gasteiger partial charge in [0.15, 0.2) is 0 Å². The first-order valence-electron chi connectivity index (χ1n) is 11.6. The summed E-state index contributed by atoms with van der Waals surface area (Å²) in [4.78, 5) is 15.1. The Bertz CT molecular complexity index is 981. The number of carbonyl (C=O) groups is 1. The predicted molar refractivity (Wildman–Crippen MR) is 139 cm³/mol. The Balaban J connectivity index is 2.42. The molecule has 0 aromatic heterocycles. The fraction of sp³-hybridized carbons (Fsp3) is 0.414. The van der Waals surface area contributed by atoms with Gasteiger partial charge in [0.2, 0.25) is 5.91 Å². The van der Waals surface area contributed by atoms with Gasteiger partial charge >= 0.3 is 0 Å². The van der Waals surface area contributed by atoms with Crippen LogP contribution in [-0.4, -0.2) is 30.4 Å². The zero-order valence-corrected chi connectivity index (χ0v) is 20.7. The molecule has 2 N–H and O–H groups in total. The van der Waals surface area contributed by atoms with E-state index in [1.807, 2.05) is 12.1 Å². The van der Waals surface area contributed by atoms with Gasteiger partial charge in [-0.2, -0.15) is 0 Å². The van der Waals surface area contributed by atoms with Gasteiger partial charge in [0.05, 0.1) is 5.92 Å². The van der Waals surface area contributed by atoms with Crippen molar-refractivity contribution in [3.05, 3.63) is 82.5 Å². The zero-order chi connectivity index (χ0) is 23.7. The van der Waals surface area contributed by atoms with Crippen molar-refractivity contribution in [2.24, 2.45) is 5.73 Å². The summed E-state index contributed by atoms with van der Waals surface area (Å²) in [6.07, 6.45) is 8.23. The second-order valence-corrected chi connectivity index (χ2v) is 9.41. The van der Waals surface area contributed by atoms with Crippen LogP contribution in [0.4, 0.5) is 0 Å². The summed E-state index contributed by atoms with van der Waals surface area (Å²) >= 11 is 0. The van der Waals surface area contributed by atoms with Crippen LogP contribution in [0.15, 0.2) is 71.3 Å². The van der Waals surface area contributed by atoms with Crippen LogP contribution in [0, 0.1) is 0 Å². The highest BCUT2D eigenvalue weighted by Gasteiger charge is 2.23. The summed E-state index contributed by atoms with van der Waals surface area (Å²) in [5.41, 5.74) is 12.2. The smallest absolute Gasteiger partial charge is 0.225 e. The van der Waals surface area contributed by atoms with Gasteiger partial charge in [-0.05, 0) is 82.8 Å². The molecule has 1 amide bonds. The number of rotatable bonds is 11. The first kappa shape index (κ1) is 25.6. The standard InChI is InChI=1S/C29H40N2O/c1-21(2)11-12-25-14-13-24-9-7-8-10-26(24)28(25)27(29(30)32)17-20-31(18-15-22(3)4)19-16-23(5)6/h7-11,13-16,27H,12,17-20H2,1-6H3,(H2,30,32). The Morgan fingerprint density at radius 2 is 1.47 bits per heavy atom. The molecule has 3 nitrogen and oxygen atoms in total. The zero-order valence-electron chi connectivity index (χ0n) is 20.7. The van der Waals surface area contributed by atoms with E-state index in [1.54, 1.807) is 0 Å². The van der Waals surface area contributed by atoms with Gasteiger partial charge in [-0.1, -0.05) is 71.3 Å². The van der Waals surface area contributed by atoms with Crippen LogP contribution in [0.1, 0.15) is 65.0 Å². The summed E-state index contributed by atoms with van der Waals surface area (Å²) in [7, 11) is 0. The fourth-order valence-corrected chi connectivity index (χ4v) is 3.87. The Hall–Kier alpha value is -2.65. The molecule has 0 radical (unpaired) electrons. The lowest BCUT2D eigenvalue weighted by molar-refractivity contribution is -0.119. The normalized spacial score (nSPS) is 11.8. The fourth-order valence-electron chi connectivity index (χ4n) is 3.87. The molecular formula is C29H40N2O. The van der Waals surface area contributed by atoms with Gasteiger partial charge < -0.3 is 5.73 Å². The van der Waals surface area contributed by atoms with E-state index in [-0.39, 0.29) is 11.8 Å². The van der Waals surface area contributed by atoms with Gasteiger partial charge in [-0.3, -0.25) is 9.69 Å². The van der Waals surface area contributed by atoms with Gasteiger partial charge in [-0.25, -0.2) is 0 Å². The molecule has 0 saturated heterocycles. The molecule has 32 heavy (non-hydrogen) atoms. The van der Waals surface area contributed by atoms with Crippen LogP contribution in [0.25, 0.3) is 10.8 Å². The summed E-state index contributed by atoms with van der Waals surface area (Å²) < 4.78 is 0. The van der Waals surface area contributed by atoms with E-state index in [1.165, 1.54) is 22.3 Å². The molecule has 1 unspecified atom stereocenters. The second-order valence-electron chi connectivity index (χ2n) is 9.41. The predicted octanol–water partition coefficient (Wildman–Crippen LogP) is 6.54. The van der Waals surface area contributed by atoms with Crippen LogP contribution in [0.2, 0.25) is 0 Å². The lowest BCUT2D eigenvalue weighted by Crippen LogP contribution is -2.30. The van der Waals surface area contributed by atoms with Gasteiger partial charge in [-0.15, -0.1) is 0 Å². The van der Waals surface area contributed by atoms with Crippen molar-refractivity contribution in [3.63, 3.8) is 0 Å². The number of carbonyl (C=O) groups excluding carboxylic acids is 1. The minimum absolute atomic E-state index is 0.246.